The molecule has 1 heterocycles. The van der Waals surface area contributed by atoms with Crippen molar-refractivity contribution in [3.63, 3.8) is 0 Å². The number of benzene rings is 2. The number of halogens is 3. The van der Waals surface area contributed by atoms with Gasteiger partial charge in [-0.2, -0.15) is 5.26 Å². The van der Waals surface area contributed by atoms with Crippen LogP contribution in [-0.4, -0.2) is 27.5 Å². The molecule has 28 heavy (non-hydrogen) atoms. The lowest BCUT2D eigenvalue weighted by Gasteiger charge is -2.35. The number of hydrogen-bond acceptors (Lipinski definition) is 3. The molecular weight excluding hydrogens is 410 g/mol. The molecule has 2 aromatic carbocycles. The lowest BCUT2D eigenvalue weighted by atomic mass is 9.98. The van der Waals surface area contributed by atoms with E-state index in [2.05, 4.69) is 10.0 Å². The molecule has 2 aromatic rings. The molecule has 0 aliphatic carbocycles. The highest BCUT2D eigenvalue weighted by Crippen LogP contribution is 2.28. The second kappa shape index (κ2) is 8.32. The van der Waals surface area contributed by atoms with Crippen LogP contribution < -0.4 is 10.0 Å². The van der Waals surface area contributed by atoms with Crippen molar-refractivity contribution in [2.45, 2.75) is 18.5 Å². The van der Waals surface area contributed by atoms with Gasteiger partial charge in [-0.05, 0) is 42.3 Å². The average Bonchev–Trinajstić information content (AvgIpc) is 2.66. The predicted octanol–water partition coefficient (Wildman–Crippen LogP) is 3.04. The van der Waals surface area contributed by atoms with Gasteiger partial charge in [0.25, 0.3) is 0 Å². The first-order valence-electron chi connectivity index (χ1n) is 8.16. The maximum absolute atomic E-state index is 13.9. The summed E-state index contributed by atoms with van der Waals surface area (Å²) >= 11 is 4.03. The van der Waals surface area contributed by atoms with E-state index in [1.54, 1.807) is 12.1 Å². The molecular formula is C18H15ClF2N4O2S. The van der Waals surface area contributed by atoms with E-state index >= 15 is 0 Å². The normalized spacial score (nSPS) is 22.5. The standard InChI is InChI=1S/C18H15ClF2N4O2S/c1-25-17(18(26)23-12-4-5-14(20)13(19)7-12)8-16(24-28(25)27)10-2-3-11(9-22)15(21)6-10/h2-7,16-17,24H,8H2,1H3,(H,23,26). The Balaban J connectivity index is 1.80. The summed E-state index contributed by atoms with van der Waals surface area (Å²) in [6, 6.07) is 8.23. The van der Waals surface area contributed by atoms with Crippen LogP contribution in [0.25, 0.3) is 0 Å². The molecule has 1 fully saturated rings. The molecule has 1 amide bonds. The van der Waals surface area contributed by atoms with E-state index in [0.717, 1.165) is 6.07 Å². The van der Waals surface area contributed by atoms with Crippen LogP contribution in [-0.2, 0) is 16.0 Å². The molecule has 10 heteroatoms. The summed E-state index contributed by atoms with van der Waals surface area (Å²) in [5, 5.41) is 11.3. The van der Waals surface area contributed by atoms with E-state index in [0.29, 0.717) is 11.3 Å². The van der Waals surface area contributed by atoms with Gasteiger partial charge in [0.05, 0.1) is 10.6 Å². The van der Waals surface area contributed by atoms with Gasteiger partial charge in [-0.25, -0.2) is 22.0 Å². The van der Waals surface area contributed by atoms with E-state index in [1.807, 2.05) is 0 Å². The molecule has 1 saturated heterocycles. The van der Waals surface area contributed by atoms with Gasteiger partial charge in [0.15, 0.2) is 11.2 Å². The Morgan fingerprint density at radius 3 is 2.71 bits per heavy atom. The number of nitrogens with one attached hydrogen (secondary N) is 2. The first kappa shape index (κ1) is 20.4. The van der Waals surface area contributed by atoms with E-state index in [-0.39, 0.29) is 17.0 Å². The van der Waals surface area contributed by atoms with Crippen LogP contribution >= 0.6 is 11.6 Å². The number of nitriles is 1. The quantitative estimate of drug-likeness (QED) is 0.794. The fourth-order valence-corrected chi connectivity index (χ4v) is 4.09. The van der Waals surface area contributed by atoms with Crippen molar-refractivity contribution < 1.29 is 17.8 Å². The summed E-state index contributed by atoms with van der Waals surface area (Å²) in [6.07, 6.45) is 0.203. The lowest BCUT2D eigenvalue weighted by Crippen LogP contribution is -2.53. The number of anilines is 1. The SMILES string of the molecule is CN1C(C(=O)Nc2ccc(F)c(Cl)c2)CC(c2ccc(C#N)c(F)c2)NS1=O. The Hall–Kier alpha value is -2.38. The summed E-state index contributed by atoms with van der Waals surface area (Å²) in [4.78, 5) is 12.7. The number of carbonyl (C=O) groups is 1. The van der Waals surface area contributed by atoms with Crippen molar-refractivity contribution in [1.29, 1.82) is 5.26 Å². The molecule has 1 aliphatic rings. The summed E-state index contributed by atoms with van der Waals surface area (Å²) < 4.78 is 43.7. The summed E-state index contributed by atoms with van der Waals surface area (Å²) in [5.41, 5.74) is 0.677. The zero-order valence-corrected chi connectivity index (χ0v) is 16.2. The highest BCUT2D eigenvalue weighted by molar-refractivity contribution is 7.80. The predicted molar refractivity (Wildman–Crippen MR) is 101 cm³/mol. The Labute approximate surface area is 167 Å². The van der Waals surface area contributed by atoms with Crippen LogP contribution in [0.2, 0.25) is 5.02 Å². The monoisotopic (exact) mass is 424 g/mol. The van der Waals surface area contributed by atoms with Crippen LogP contribution in [0.5, 0.6) is 0 Å². The van der Waals surface area contributed by atoms with Crippen molar-refractivity contribution in [3.8, 4) is 6.07 Å². The van der Waals surface area contributed by atoms with E-state index in [9.17, 15) is 17.8 Å². The van der Waals surface area contributed by atoms with Gasteiger partial charge < -0.3 is 5.32 Å². The zero-order valence-electron chi connectivity index (χ0n) is 14.6. The fourth-order valence-electron chi connectivity index (χ4n) is 2.85. The second-order valence-electron chi connectivity index (χ2n) is 6.19. The van der Waals surface area contributed by atoms with E-state index in [1.165, 1.54) is 35.6 Å². The van der Waals surface area contributed by atoms with Crippen LogP contribution in [0.1, 0.15) is 23.6 Å². The van der Waals surface area contributed by atoms with Crippen molar-refractivity contribution in [2.75, 3.05) is 12.4 Å². The van der Waals surface area contributed by atoms with Crippen molar-refractivity contribution in [2.24, 2.45) is 0 Å². The molecule has 0 spiro atoms. The third-order valence-corrected chi connectivity index (χ3v) is 5.96. The Morgan fingerprint density at radius 1 is 1.32 bits per heavy atom. The first-order chi connectivity index (χ1) is 13.3. The maximum atomic E-state index is 13.9. The van der Waals surface area contributed by atoms with Gasteiger partial charge in [-0.15, -0.1) is 0 Å². The number of amides is 1. The molecule has 1 aliphatic heterocycles. The minimum Gasteiger partial charge on any atom is -0.325 e. The van der Waals surface area contributed by atoms with Crippen LogP contribution in [0, 0.1) is 23.0 Å². The zero-order chi connectivity index (χ0) is 20.4. The Bertz CT molecular complexity index is 998. The lowest BCUT2D eigenvalue weighted by molar-refractivity contribution is -0.120. The second-order valence-corrected chi connectivity index (χ2v) is 7.90. The molecule has 0 radical (unpaired) electrons. The van der Waals surface area contributed by atoms with Gasteiger partial charge in [0, 0.05) is 18.8 Å². The minimum absolute atomic E-state index is 0.0970. The van der Waals surface area contributed by atoms with Crippen molar-refractivity contribution in [3.05, 3.63) is 64.2 Å². The van der Waals surface area contributed by atoms with Crippen molar-refractivity contribution in [1.82, 2.24) is 9.03 Å². The van der Waals surface area contributed by atoms with Gasteiger partial charge in [-0.3, -0.25) is 4.79 Å². The van der Waals surface area contributed by atoms with Crippen molar-refractivity contribution >= 4 is 34.4 Å². The molecule has 0 aromatic heterocycles. The van der Waals surface area contributed by atoms with E-state index < -0.39 is 40.8 Å². The smallest absolute Gasteiger partial charge is 0.242 e. The molecule has 0 saturated carbocycles. The minimum atomic E-state index is -1.70. The molecule has 146 valence electrons. The molecule has 0 bridgehead atoms. The highest BCUT2D eigenvalue weighted by Gasteiger charge is 2.36. The van der Waals surface area contributed by atoms with Crippen LogP contribution in [0.15, 0.2) is 36.4 Å². The summed E-state index contributed by atoms with van der Waals surface area (Å²) in [5.74, 6) is -1.75. The van der Waals surface area contributed by atoms with Crippen LogP contribution in [0.4, 0.5) is 14.5 Å². The molecule has 3 atom stereocenters. The molecule has 3 rings (SSSR count). The third kappa shape index (κ3) is 4.20. The summed E-state index contributed by atoms with van der Waals surface area (Å²) in [6.45, 7) is 0. The van der Waals surface area contributed by atoms with Gasteiger partial charge in [-0.1, -0.05) is 17.7 Å². The number of hydrogen-bond donors (Lipinski definition) is 2. The topological polar surface area (TPSA) is 85.2 Å². The largest absolute Gasteiger partial charge is 0.325 e. The number of likely N-dealkylation sites (N-methyl/N-ethyl adjacent to an activating group) is 1. The maximum Gasteiger partial charge on any atom is 0.242 e. The number of carbonyl (C=O) groups excluding carboxylic acids is 1. The molecule has 3 unspecified atom stereocenters. The van der Waals surface area contributed by atoms with Gasteiger partial charge >= 0.3 is 0 Å². The van der Waals surface area contributed by atoms with Gasteiger partial charge in [0.2, 0.25) is 5.91 Å². The average molecular weight is 425 g/mol. The Kier molecular flexibility index (Phi) is 6.05. The first-order valence-corrected chi connectivity index (χ1v) is 9.65. The third-order valence-electron chi connectivity index (χ3n) is 4.41. The Morgan fingerprint density at radius 2 is 2.07 bits per heavy atom. The number of nitrogens with zero attached hydrogens (tertiary/aromatic N) is 2. The molecule has 2 N–H and O–H groups in total. The van der Waals surface area contributed by atoms with Crippen LogP contribution in [0.3, 0.4) is 0 Å². The van der Waals surface area contributed by atoms with E-state index in [4.69, 9.17) is 16.9 Å². The highest BCUT2D eigenvalue weighted by atomic mass is 35.5. The molecule has 6 nitrogen and oxygen atoms in total. The number of rotatable bonds is 3. The summed E-state index contributed by atoms with van der Waals surface area (Å²) in [7, 11) is 1.51. The van der Waals surface area contributed by atoms with Gasteiger partial charge in [0.1, 0.15) is 23.7 Å². The fraction of sp³-hybridized carbons (Fsp3) is 0.222.